The molecular formula is C18H21FN2. The Kier molecular flexibility index (Phi) is 4.30. The van der Waals surface area contributed by atoms with Crippen LogP contribution in [-0.2, 0) is 12.8 Å². The molecule has 0 saturated heterocycles. The predicted octanol–water partition coefficient (Wildman–Crippen LogP) is 3.47. The molecule has 3 heteroatoms. The molecule has 1 aliphatic rings. The van der Waals surface area contributed by atoms with Gasteiger partial charge in [0.05, 0.1) is 0 Å². The second-order valence-corrected chi connectivity index (χ2v) is 5.69. The lowest BCUT2D eigenvalue weighted by Gasteiger charge is -2.25. The smallest absolute Gasteiger partial charge is 0.123 e. The summed E-state index contributed by atoms with van der Waals surface area (Å²) >= 11 is 0. The Morgan fingerprint density at radius 2 is 2.10 bits per heavy atom. The molecule has 110 valence electrons. The Morgan fingerprint density at radius 1 is 1.29 bits per heavy atom. The zero-order valence-corrected chi connectivity index (χ0v) is 12.3. The fourth-order valence-electron chi connectivity index (χ4n) is 3.33. The van der Waals surface area contributed by atoms with Crippen molar-refractivity contribution in [3.8, 4) is 0 Å². The van der Waals surface area contributed by atoms with Crippen molar-refractivity contribution >= 4 is 0 Å². The van der Waals surface area contributed by atoms with E-state index in [1.54, 1.807) is 12.1 Å². The van der Waals surface area contributed by atoms with Gasteiger partial charge in [-0.15, -0.1) is 0 Å². The number of benzene rings is 1. The van der Waals surface area contributed by atoms with Gasteiger partial charge in [0.25, 0.3) is 0 Å². The topological polar surface area (TPSA) is 24.9 Å². The summed E-state index contributed by atoms with van der Waals surface area (Å²) in [6.07, 6.45) is 5.05. The summed E-state index contributed by atoms with van der Waals surface area (Å²) in [6.45, 7) is 3.07. The van der Waals surface area contributed by atoms with Gasteiger partial charge in [0.15, 0.2) is 0 Å². The van der Waals surface area contributed by atoms with Crippen LogP contribution in [0.4, 0.5) is 4.39 Å². The number of hydrogen-bond acceptors (Lipinski definition) is 2. The molecule has 0 radical (unpaired) electrons. The Labute approximate surface area is 125 Å². The predicted molar refractivity (Wildman–Crippen MR) is 82.9 cm³/mol. The van der Waals surface area contributed by atoms with Crippen molar-refractivity contribution in [2.24, 2.45) is 0 Å². The Hall–Kier alpha value is -1.74. The van der Waals surface area contributed by atoms with Crippen LogP contribution in [0.2, 0.25) is 0 Å². The molecule has 2 atom stereocenters. The third kappa shape index (κ3) is 3.13. The lowest BCUT2D eigenvalue weighted by molar-refractivity contribution is 0.429. The average molecular weight is 284 g/mol. The lowest BCUT2D eigenvalue weighted by atomic mass is 9.91. The molecule has 2 aromatic rings. The number of fused-ring (bicyclic) bond motifs is 1. The monoisotopic (exact) mass is 284 g/mol. The van der Waals surface area contributed by atoms with Crippen molar-refractivity contribution < 1.29 is 4.39 Å². The van der Waals surface area contributed by atoms with Gasteiger partial charge in [0.2, 0.25) is 0 Å². The number of pyridine rings is 1. The van der Waals surface area contributed by atoms with Gasteiger partial charge in [0.1, 0.15) is 5.82 Å². The van der Waals surface area contributed by atoms with Gasteiger partial charge in [-0.25, -0.2) is 4.39 Å². The van der Waals surface area contributed by atoms with E-state index in [-0.39, 0.29) is 5.82 Å². The summed E-state index contributed by atoms with van der Waals surface area (Å²) in [5.41, 5.74) is 3.79. The zero-order chi connectivity index (χ0) is 14.7. The van der Waals surface area contributed by atoms with Gasteiger partial charge < -0.3 is 5.32 Å². The van der Waals surface area contributed by atoms with E-state index in [9.17, 15) is 4.39 Å². The van der Waals surface area contributed by atoms with Crippen LogP contribution in [0.1, 0.15) is 36.1 Å². The molecule has 1 heterocycles. The van der Waals surface area contributed by atoms with Gasteiger partial charge in [-0.2, -0.15) is 0 Å². The van der Waals surface area contributed by atoms with Crippen molar-refractivity contribution in [2.45, 2.75) is 38.1 Å². The van der Waals surface area contributed by atoms with Gasteiger partial charge in [-0.1, -0.05) is 25.1 Å². The highest BCUT2D eigenvalue weighted by Crippen LogP contribution is 2.34. The number of aromatic nitrogens is 1. The van der Waals surface area contributed by atoms with Crippen molar-refractivity contribution in [1.82, 2.24) is 10.3 Å². The van der Waals surface area contributed by atoms with Gasteiger partial charge >= 0.3 is 0 Å². The summed E-state index contributed by atoms with van der Waals surface area (Å²) in [5, 5.41) is 3.59. The summed E-state index contributed by atoms with van der Waals surface area (Å²) in [7, 11) is 0. The standard InChI is InChI=1S/C18H21FN2/c1-2-20-17(12-13-5-8-15(19)9-6-13)16-10-7-14-4-3-11-21-18(14)16/h3-6,8-9,11,16-17,20H,2,7,10,12H2,1H3. The quantitative estimate of drug-likeness (QED) is 0.909. The van der Waals surface area contributed by atoms with Crippen LogP contribution in [0.25, 0.3) is 0 Å². The summed E-state index contributed by atoms with van der Waals surface area (Å²) < 4.78 is 13.0. The van der Waals surface area contributed by atoms with Gasteiger partial charge in [0, 0.05) is 23.9 Å². The van der Waals surface area contributed by atoms with Crippen LogP contribution in [0, 0.1) is 5.82 Å². The van der Waals surface area contributed by atoms with Crippen LogP contribution < -0.4 is 5.32 Å². The number of nitrogens with one attached hydrogen (secondary N) is 1. The number of halogens is 1. The van der Waals surface area contributed by atoms with E-state index >= 15 is 0 Å². The first-order valence-corrected chi connectivity index (χ1v) is 7.69. The molecule has 0 saturated carbocycles. The maximum atomic E-state index is 13.0. The minimum atomic E-state index is -0.174. The van der Waals surface area contributed by atoms with E-state index < -0.39 is 0 Å². The molecule has 1 aromatic carbocycles. The first-order chi connectivity index (χ1) is 10.3. The van der Waals surface area contributed by atoms with E-state index in [1.165, 1.54) is 16.8 Å². The zero-order valence-electron chi connectivity index (χ0n) is 12.3. The van der Waals surface area contributed by atoms with Crippen LogP contribution in [0.5, 0.6) is 0 Å². The van der Waals surface area contributed by atoms with Crippen molar-refractivity contribution in [2.75, 3.05) is 6.54 Å². The number of likely N-dealkylation sites (N-methyl/N-ethyl adjacent to an activating group) is 1. The number of nitrogens with zero attached hydrogens (tertiary/aromatic N) is 1. The van der Waals surface area contributed by atoms with Crippen molar-refractivity contribution in [1.29, 1.82) is 0 Å². The number of aryl methyl sites for hydroxylation is 1. The average Bonchev–Trinajstić information content (AvgIpc) is 2.93. The minimum Gasteiger partial charge on any atom is -0.313 e. The van der Waals surface area contributed by atoms with Crippen LogP contribution >= 0.6 is 0 Å². The largest absolute Gasteiger partial charge is 0.313 e. The van der Waals surface area contributed by atoms with Crippen LogP contribution in [0.3, 0.4) is 0 Å². The summed E-state index contributed by atoms with van der Waals surface area (Å²) in [4.78, 5) is 4.60. The second-order valence-electron chi connectivity index (χ2n) is 5.69. The van der Waals surface area contributed by atoms with E-state index in [4.69, 9.17) is 0 Å². The SMILES string of the molecule is CCNC(Cc1ccc(F)cc1)C1CCc2cccnc21. The number of hydrogen-bond donors (Lipinski definition) is 1. The fourth-order valence-corrected chi connectivity index (χ4v) is 3.33. The molecule has 21 heavy (non-hydrogen) atoms. The molecule has 1 aliphatic carbocycles. The molecule has 1 aromatic heterocycles. The van der Waals surface area contributed by atoms with Crippen LogP contribution in [-0.4, -0.2) is 17.6 Å². The third-order valence-electron chi connectivity index (χ3n) is 4.32. The minimum absolute atomic E-state index is 0.174. The van der Waals surface area contributed by atoms with E-state index in [1.807, 2.05) is 24.4 Å². The highest BCUT2D eigenvalue weighted by molar-refractivity contribution is 5.31. The first kappa shape index (κ1) is 14.2. The Balaban J connectivity index is 1.80. The molecule has 0 aliphatic heterocycles. The molecule has 0 amide bonds. The maximum absolute atomic E-state index is 13.0. The van der Waals surface area contributed by atoms with Gasteiger partial charge in [-0.05, 0) is 55.1 Å². The molecule has 2 unspecified atom stereocenters. The fraction of sp³-hybridized carbons (Fsp3) is 0.389. The van der Waals surface area contributed by atoms with Crippen molar-refractivity contribution in [3.63, 3.8) is 0 Å². The molecular weight excluding hydrogens is 263 g/mol. The molecule has 2 nitrogen and oxygen atoms in total. The second kappa shape index (κ2) is 6.35. The molecule has 0 spiro atoms. The molecule has 1 N–H and O–H groups in total. The lowest BCUT2D eigenvalue weighted by Crippen LogP contribution is -2.36. The Morgan fingerprint density at radius 3 is 2.86 bits per heavy atom. The third-order valence-corrected chi connectivity index (χ3v) is 4.32. The van der Waals surface area contributed by atoms with E-state index in [0.29, 0.717) is 12.0 Å². The Bertz CT molecular complexity index is 594. The van der Waals surface area contributed by atoms with Crippen molar-refractivity contribution in [3.05, 3.63) is 65.2 Å². The van der Waals surface area contributed by atoms with Crippen LogP contribution in [0.15, 0.2) is 42.6 Å². The van der Waals surface area contributed by atoms with Gasteiger partial charge in [-0.3, -0.25) is 4.98 Å². The molecule has 0 bridgehead atoms. The van der Waals surface area contributed by atoms with E-state index in [2.05, 4.69) is 23.3 Å². The summed E-state index contributed by atoms with van der Waals surface area (Å²) in [5.74, 6) is 0.276. The maximum Gasteiger partial charge on any atom is 0.123 e. The normalized spacial score (nSPS) is 18.5. The number of rotatable bonds is 5. The first-order valence-electron chi connectivity index (χ1n) is 7.69. The van der Waals surface area contributed by atoms with E-state index in [0.717, 1.165) is 25.8 Å². The molecule has 3 rings (SSSR count). The molecule has 0 fully saturated rings. The highest BCUT2D eigenvalue weighted by atomic mass is 19.1. The highest BCUT2D eigenvalue weighted by Gasteiger charge is 2.30. The summed E-state index contributed by atoms with van der Waals surface area (Å²) in [6, 6.07) is 11.4.